The molecular formula is C6HF10. The second-order valence-corrected chi connectivity index (χ2v) is 2.47. The molecule has 0 aliphatic rings. The molecule has 0 heterocycles. The van der Waals surface area contributed by atoms with Crippen LogP contribution in [0.4, 0.5) is 43.9 Å². The molecule has 95 valence electrons. The van der Waals surface area contributed by atoms with Gasteiger partial charge < -0.3 is 0 Å². The number of hydrogen-bond donors (Lipinski definition) is 0. The maximum Gasteiger partial charge on any atom is 0.385 e. The minimum Gasteiger partial charge on any atom is -0.195 e. The number of alkyl halides is 6. The van der Waals surface area contributed by atoms with E-state index in [4.69, 9.17) is 0 Å². The highest BCUT2D eigenvalue weighted by Crippen LogP contribution is 2.51. The molecule has 10 heteroatoms. The zero-order valence-corrected chi connectivity index (χ0v) is 6.86. The fraction of sp³-hybridized carbons (Fsp3) is 0.500. The Bertz CT molecular complexity index is 273. The Hall–Kier alpha value is -0.960. The minimum absolute atomic E-state index is 1.82. The van der Waals surface area contributed by atoms with Gasteiger partial charge in [-0.2, -0.15) is 43.9 Å². The van der Waals surface area contributed by atoms with Gasteiger partial charge in [-0.25, -0.2) is 0 Å². The maximum atomic E-state index is 12.2. The summed E-state index contributed by atoms with van der Waals surface area (Å²) in [6.07, 6.45) is -9.52. The van der Waals surface area contributed by atoms with Crippen LogP contribution in [0.25, 0.3) is 0 Å². The number of hydrogen-bond acceptors (Lipinski definition) is 0. The lowest BCUT2D eigenvalue weighted by atomic mass is 10.1. The van der Waals surface area contributed by atoms with Crippen LogP contribution in [0.5, 0.6) is 0 Å². The largest absolute Gasteiger partial charge is 0.385 e. The van der Waals surface area contributed by atoms with Crippen LogP contribution in [0.1, 0.15) is 0 Å². The third-order valence-electron chi connectivity index (χ3n) is 1.34. The van der Waals surface area contributed by atoms with Gasteiger partial charge in [-0.1, -0.05) is 0 Å². The van der Waals surface area contributed by atoms with Gasteiger partial charge in [0.25, 0.3) is 6.08 Å². The fourth-order valence-corrected chi connectivity index (χ4v) is 0.556. The van der Waals surface area contributed by atoms with E-state index in [1.54, 1.807) is 0 Å². The summed E-state index contributed by atoms with van der Waals surface area (Å²) in [5.74, 6) is -19.3. The van der Waals surface area contributed by atoms with Crippen molar-refractivity contribution in [2.24, 2.45) is 0 Å². The van der Waals surface area contributed by atoms with Gasteiger partial charge in [0.2, 0.25) is 0 Å². The van der Waals surface area contributed by atoms with E-state index in [0.717, 1.165) is 0 Å². The molecule has 16 heavy (non-hydrogen) atoms. The Balaban J connectivity index is 5.43. The summed E-state index contributed by atoms with van der Waals surface area (Å²) in [5.41, 5.74) is 0. The Morgan fingerprint density at radius 1 is 0.750 bits per heavy atom. The number of halogens is 10. The van der Waals surface area contributed by atoms with Crippen molar-refractivity contribution in [1.82, 2.24) is 0 Å². The summed E-state index contributed by atoms with van der Waals surface area (Å²) in [6.45, 7) is 0. The first kappa shape index (κ1) is 15.0. The molecular weight excluding hydrogens is 262 g/mol. The van der Waals surface area contributed by atoms with E-state index in [1.165, 1.54) is 0 Å². The Morgan fingerprint density at radius 2 is 1.12 bits per heavy atom. The van der Waals surface area contributed by atoms with Gasteiger partial charge in [0, 0.05) is 0 Å². The van der Waals surface area contributed by atoms with Crippen molar-refractivity contribution < 1.29 is 43.9 Å². The van der Waals surface area contributed by atoms with E-state index in [1.807, 2.05) is 0 Å². The molecule has 0 aromatic carbocycles. The molecule has 0 atom stereocenters. The van der Waals surface area contributed by atoms with Crippen molar-refractivity contribution in [2.75, 3.05) is 0 Å². The van der Waals surface area contributed by atoms with Crippen LogP contribution < -0.4 is 0 Å². The average molecular weight is 263 g/mol. The highest BCUT2D eigenvalue weighted by atomic mass is 19.4. The van der Waals surface area contributed by atoms with Gasteiger partial charge in [0.15, 0.2) is 0 Å². The summed E-state index contributed by atoms with van der Waals surface area (Å²) in [5, 5.41) is 0. The molecule has 0 rings (SSSR count). The molecule has 0 bridgehead atoms. The Morgan fingerprint density at radius 3 is 1.38 bits per heavy atom. The lowest BCUT2D eigenvalue weighted by Crippen LogP contribution is -2.54. The monoisotopic (exact) mass is 263 g/mol. The van der Waals surface area contributed by atoms with Crippen LogP contribution in [0.15, 0.2) is 12.2 Å². The van der Waals surface area contributed by atoms with E-state index in [0.29, 0.717) is 0 Å². The SMILES string of the molecule is F[C](F)C(F)(F)C(F)(F)C(F)(F)C=C(F)F. The fourth-order valence-electron chi connectivity index (χ4n) is 0.556. The van der Waals surface area contributed by atoms with E-state index in [9.17, 15) is 43.9 Å². The van der Waals surface area contributed by atoms with Crippen molar-refractivity contribution in [1.29, 1.82) is 0 Å². The van der Waals surface area contributed by atoms with Crippen LogP contribution in [0, 0.1) is 6.43 Å². The van der Waals surface area contributed by atoms with Crippen molar-refractivity contribution in [3.05, 3.63) is 18.6 Å². The van der Waals surface area contributed by atoms with Crippen molar-refractivity contribution in [2.45, 2.75) is 17.8 Å². The molecule has 0 aliphatic heterocycles. The van der Waals surface area contributed by atoms with E-state index in [2.05, 4.69) is 0 Å². The zero-order chi connectivity index (χ0) is 13.4. The van der Waals surface area contributed by atoms with E-state index >= 15 is 0 Å². The molecule has 0 aromatic heterocycles. The van der Waals surface area contributed by atoms with Crippen LogP contribution in [0.3, 0.4) is 0 Å². The third kappa shape index (κ3) is 2.40. The Kier molecular flexibility index (Phi) is 3.88. The van der Waals surface area contributed by atoms with Crippen LogP contribution >= 0.6 is 0 Å². The number of allylic oxidation sites excluding steroid dienone is 1. The van der Waals surface area contributed by atoms with E-state index < -0.39 is 36.3 Å². The highest BCUT2D eigenvalue weighted by molar-refractivity contribution is 5.11. The molecule has 0 aliphatic carbocycles. The summed E-state index contributed by atoms with van der Waals surface area (Å²) < 4.78 is 118. The van der Waals surface area contributed by atoms with Crippen LogP contribution in [-0.4, -0.2) is 17.8 Å². The molecule has 0 spiro atoms. The van der Waals surface area contributed by atoms with Crippen LogP contribution in [-0.2, 0) is 0 Å². The summed E-state index contributed by atoms with van der Waals surface area (Å²) in [7, 11) is 0. The van der Waals surface area contributed by atoms with Crippen molar-refractivity contribution >= 4 is 0 Å². The molecule has 0 amide bonds. The predicted molar refractivity (Wildman–Crippen MR) is 30.6 cm³/mol. The summed E-state index contributed by atoms with van der Waals surface area (Å²) in [4.78, 5) is 0. The second-order valence-electron chi connectivity index (χ2n) is 2.47. The molecule has 0 aromatic rings. The van der Waals surface area contributed by atoms with Gasteiger partial charge in [-0.05, 0) is 0 Å². The lowest BCUT2D eigenvalue weighted by molar-refractivity contribution is -0.302. The first-order valence-electron chi connectivity index (χ1n) is 3.22. The van der Waals surface area contributed by atoms with Crippen LogP contribution in [0.2, 0.25) is 0 Å². The molecule has 0 N–H and O–H groups in total. The topological polar surface area (TPSA) is 0 Å². The first-order valence-corrected chi connectivity index (χ1v) is 3.22. The molecule has 0 nitrogen and oxygen atoms in total. The summed E-state index contributed by atoms with van der Waals surface area (Å²) >= 11 is 0. The quantitative estimate of drug-likeness (QED) is 0.670. The lowest BCUT2D eigenvalue weighted by Gasteiger charge is -2.29. The maximum absolute atomic E-state index is 12.2. The first-order chi connectivity index (χ1) is 6.86. The Labute approximate surface area is 81.5 Å². The normalized spacial score (nSPS) is 14.2. The number of rotatable bonds is 4. The average Bonchev–Trinajstić information content (AvgIpc) is 2.00. The van der Waals surface area contributed by atoms with Crippen molar-refractivity contribution in [3.8, 4) is 0 Å². The molecule has 0 saturated carbocycles. The third-order valence-corrected chi connectivity index (χ3v) is 1.34. The summed E-state index contributed by atoms with van der Waals surface area (Å²) in [6, 6.07) is 0. The van der Waals surface area contributed by atoms with Gasteiger partial charge >= 0.3 is 24.2 Å². The highest BCUT2D eigenvalue weighted by Gasteiger charge is 2.75. The molecule has 0 saturated heterocycles. The predicted octanol–water partition coefficient (Wildman–Crippen LogP) is 4.10. The zero-order valence-electron chi connectivity index (χ0n) is 6.86. The molecule has 1 radical (unpaired) electrons. The van der Waals surface area contributed by atoms with Gasteiger partial charge in [-0.15, -0.1) is 0 Å². The second kappa shape index (κ2) is 4.13. The molecule has 0 fully saturated rings. The smallest absolute Gasteiger partial charge is 0.195 e. The molecule has 0 unspecified atom stereocenters. The van der Waals surface area contributed by atoms with E-state index in [-0.39, 0.29) is 0 Å². The van der Waals surface area contributed by atoms with Crippen molar-refractivity contribution in [3.63, 3.8) is 0 Å². The van der Waals surface area contributed by atoms with Gasteiger partial charge in [0.05, 0.1) is 6.08 Å². The standard InChI is InChI=1S/C6HF10/c7-2(8)1-4(11,12)6(15,16)5(13,14)3(9)10/h1H. The van der Waals surface area contributed by atoms with Gasteiger partial charge in [-0.3, -0.25) is 0 Å². The minimum atomic E-state index is -6.66. The van der Waals surface area contributed by atoms with Gasteiger partial charge in [0.1, 0.15) is 0 Å².